The molecule has 0 aliphatic heterocycles. The molecule has 0 saturated heterocycles. The van der Waals surface area contributed by atoms with Gasteiger partial charge in [-0.2, -0.15) is 0 Å². The van der Waals surface area contributed by atoms with E-state index in [4.69, 9.17) is 11.6 Å². The molecule has 1 saturated carbocycles. The lowest BCUT2D eigenvalue weighted by Crippen LogP contribution is -2.36. The fourth-order valence-corrected chi connectivity index (χ4v) is 3.42. The Hall–Kier alpha value is -0.730. The van der Waals surface area contributed by atoms with Crippen LogP contribution in [0.25, 0.3) is 0 Å². The molecule has 0 heterocycles. The molecule has 0 bridgehead atoms. The van der Waals surface area contributed by atoms with E-state index in [0.29, 0.717) is 12.1 Å². The number of nitrogens with zero attached hydrogens (tertiary/aromatic N) is 1. The second-order valence-electron chi connectivity index (χ2n) is 6.80. The van der Waals surface area contributed by atoms with Crippen molar-refractivity contribution in [3.8, 4) is 0 Å². The summed E-state index contributed by atoms with van der Waals surface area (Å²) >= 11 is 6.45. The van der Waals surface area contributed by atoms with Gasteiger partial charge in [0.05, 0.1) is 0 Å². The summed E-state index contributed by atoms with van der Waals surface area (Å²) < 4.78 is 0. The molecule has 0 spiro atoms. The van der Waals surface area contributed by atoms with Crippen LogP contribution in [-0.2, 0) is 6.54 Å². The van der Waals surface area contributed by atoms with Crippen LogP contribution >= 0.6 is 11.6 Å². The number of rotatable bonds is 5. The molecule has 0 amide bonds. The molecular formula is C18H29ClN2. The van der Waals surface area contributed by atoms with Gasteiger partial charge in [0.25, 0.3) is 0 Å². The van der Waals surface area contributed by atoms with Gasteiger partial charge in [0.1, 0.15) is 0 Å². The maximum absolute atomic E-state index is 6.45. The zero-order valence-corrected chi connectivity index (χ0v) is 14.6. The standard InChI is InChI=1S/C18H29ClN2/c1-13(2)20-12-16-17(19)6-5-7-18(16)21(4)15-10-8-14(3)9-11-15/h5-7,13-15,20H,8-12H2,1-4H3. The first kappa shape index (κ1) is 16.6. The third-order valence-corrected chi connectivity index (χ3v) is 5.05. The fourth-order valence-electron chi connectivity index (χ4n) is 3.19. The quantitative estimate of drug-likeness (QED) is 0.836. The molecule has 118 valence electrons. The van der Waals surface area contributed by atoms with Crippen molar-refractivity contribution in [2.24, 2.45) is 5.92 Å². The molecular weight excluding hydrogens is 280 g/mol. The molecule has 0 atom stereocenters. The third-order valence-electron chi connectivity index (χ3n) is 4.69. The highest BCUT2D eigenvalue weighted by atomic mass is 35.5. The van der Waals surface area contributed by atoms with E-state index in [-0.39, 0.29) is 0 Å². The minimum atomic E-state index is 0.468. The van der Waals surface area contributed by atoms with Crippen LogP contribution in [-0.4, -0.2) is 19.1 Å². The van der Waals surface area contributed by atoms with Crippen molar-refractivity contribution >= 4 is 17.3 Å². The Morgan fingerprint density at radius 2 is 1.90 bits per heavy atom. The number of hydrogen-bond acceptors (Lipinski definition) is 2. The lowest BCUT2D eigenvalue weighted by Gasteiger charge is -2.36. The number of benzene rings is 1. The largest absolute Gasteiger partial charge is 0.371 e. The summed E-state index contributed by atoms with van der Waals surface area (Å²) in [6, 6.07) is 7.39. The van der Waals surface area contributed by atoms with E-state index in [0.717, 1.165) is 17.5 Å². The van der Waals surface area contributed by atoms with Crippen LogP contribution in [0.4, 0.5) is 5.69 Å². The molecule has 2 rings (SSSR count). The SMILES string of the molecule is CC1CCC(N(C)c2cccc(Cl)c2CNC(C)C)CC1. The van der Waals surface area contributed by atoms with Crippen LogP contribution in [0.15, 0.2) is 18.2 Å². The summed E-state index contributed by atoms with van der Waals surface area (Å²) in [5, 5.41) is 4.37. The zero-order chi connectivity index (χ0) is 15.4. The van der Waals surface area contributed by atoms with E-state index in [9.17, 15) is 0 Å². The Kier molecular flexibility index (Phi) is 5.95. The van der Waals surface area contributed by atoms with Crippen LogP contribution in [0, 0.1) is 5.92 Å². The summed E-state index contributed by atoms with van der Waals surface area (Å²) in [5.41, 5.74) is 2.52. The number of anilines is 1. The fraction of sp³-hybridized carbons (Fsp3) is 0.667. The Bertz CT molecular complexity index is 451. The van der Waals surface area contributed by atoms with Crippen molar-refractivity contribution in [1.29, 1.82) is 0 Å². The second-order valence-corrected chi connectivity index (χ2v) is 7.20. The molecule has 2 nitrogen and oxygen atoms in total. The van der Waals surface area contributed by atoms with E-state index in [1.165, 1.54) is 36.9 Å². The van der Waals surface area contributed by atoms with Gasteiger partial charge in [-0.15, -0.1) is 0 Å². The average Bonchev–Trinajstić information content (AvgIpc) is 2.45. The van der Waals surface area contributed by atoms with Gasteiger partial charge in [0, 0.05) is 41.9 Å². The zero-order valence-electron chi connectivity index (χ0n) is 13.8. The molecule has 1 fully saturated rings. The Morgan fingerprint density at radius 3 is 2.52 bits per heavy atom. The monoisotopic (exact) mass is 308 g/mol. The van der Waals surface area contributed by atoms with Gasteiger partial charge in [-0.05, 0) is 43.7 Å². The first-order valence-electron chi connectivity index (χ1n) is 8.22. The van der Waals surface area contributed by atoms with Gasteiger partial charge < -0.3 is 10.2 Å². The van der Waals surface area contributed by atoms with Gasteiger partial charge in [-0.25, -0.2) is 0 Å². The van der Waals surface area contributed by atoms with Gasteiger partial charge in [-0.3, -0.25) is 0 Å². The third kappa shape index (κ3) is 4.37. The number of nitrogens with one attached hydrogen (secondary N) is 1. The summed E-state index contributed by atoms with van der Waals surface area (Å²) in [5.74, 6) is 0.885. The van der Waals surface area contributed by atoms with Crippen LogP contribution in [0.3, 0.4) is 0 Å². The highest BCUT2D eigenvalue weighted by Gasteiger charge is 2.23. The molecule has 0 radical (unpaired) electrons. The molecule has 1 aromatic carbocycles. The van der Waals surface area contributed by atoms with Crippen LogP contribution < -0.4 is 10.2 Å². The molecule has 1 N–H and O–H groups in total. The van der Waals surface area contributed by atoms with E-state index >= 15 is 0 Å². The van der Waals surface area contributed by atoms with E-state index in [1.54, 1.807) is 0 Å². The van der Waals surface area contributed by atoms with Crippen molar-refractivity contribution in [3.05, 3.63) is 28.8 Å². The van der Waals surface area contributed by atoms with Crippen molar-refractivity contribution in [3.63, 3.8) is 0 Å². The molecule has 21 heavy (non-hydrogen) atoms. The maximum Gasteiger partial charge on any atom is 0.0471 e. The van der Waals surface area contributed by atoms with E-state index in [2.05, 4.69) is 50.2 Å². The van der Waals surface area contributed by atoms with Crippen molar-refractivity contribution in [2.75, 3.05) is 11.9 Å². The predicted octanol–water partition coefficient (Wildman–Crippen LogP) is 4.85. The Labute approximate surface area is 134 Å². The van der Waals surface area contributed by atoms with Gasteiger partial charge in [0.15, 0.2) is 0 Å². The average molecular weight is 309 g/mol. The molecule has 1 aromatic rings. The van der Waals surface area contributed by atoms with E-state index < -0.39 is 0 Å². The van der Waals surface area contributed by atoms with Gasteiger partial charge in [-0.1, -0.05) is 38.4 Å². The van der Waals surface area contributed by atoms with E-state index in [1.807, 2.05) is 6.07 Å². The first-order chi connectivity index (χ1) is 9.99. The predicted molar refractivity (Wildman–Crippen MR) is 93.3 cm³/mol. The maximum atomic E-state index is 6.45. The summed E-state index contributed by atoms with van der Waals surface area (Å²) in [4.78, 5) is 2.45. The second kappa shape index (κ2) is 7.51. The van der Waals surface area contributed by atoms with Crippen LogP contribution in [0.5, 0.6) is 0 Å². The summed E-state index contributed by atoms with van der Waals surface area (Å²) in [7, 11) is 2.23. The molecule has 0 aromatic heterocycles. The van der Waals surface area contributed by atoms with Crippen molar-refractivity contribution < 1.29 is 0 Å². The molecule has 1 aliphatic carbocycles. The molecule has 1 aliphatic rings. The molecule has 3 heteroatoms. The van der Waals surface area contributed by atoms with Crippen molar-refractivity contribution in [2.45, 2.75) is 65.1 Å². The summed E-state index contributed by atoms with van der Waals surface area (Å²) in [6.45, 7) is 7.54. The van der Waals surface area contributed by atoms with Crippen LogP contribution in [0.2, 0.25) is 5.02 Å². The van der Waals surface area contributed by atoms with Crippen LogP contribution in [0.1, 0.15) is 52.0 Å². The number of hydrogen-bond donors (Lipinski definition) is 1. The lowest BCUT2D eigenvalue weighted by molar-refractivity contribution is 0.340. The number of halogens is 1. The highest BCUT2D eigenvalue weighted by Crippen LogP contribution is 2.33. The highest BCUT2D eigenvalue weighted by molar-refractivity contribution is 6.31. The smallest absolute Gasteiger partial charge is 0.0471 e. The minimum Gasteiger partial charge on any atom is -0.371 e. The Morgan fingerprint density at radius 1 is 1.24 bits per heavy atom. The minimum absolute atomic E-state index is 0.468. The van der Waals surface area contributed by atoms with Gasteiger partial charge in [0.2, 0.25) is 0 Å². The Balaban J connectivity index is 2.15. The normalized spacial score (nSPS) is 22.6. The van der Waals surface area contributed by atoms with Gasteiger partial charge >= 0.3 is 0 Å². The first-order valence-corrected chi connectivity index (χ1v) is 8.60. The summed E-state index contributed by atoms with van der Waals surface area (Å²) in [6.07, 6.45) is 5.27. The molecule has 0 unspecified atom stereocenters. The van der Waals surface area contributed by atoms with Crippen molar-refractivity contribution in [1.82, 2.24) is 5.32 Å². The topological polar surface area (TPSA) is 15.3 Å². The lowest BCUT2D eigenvalue weighted by atomic mass is 9.86.